The number of hydrogen-bond acceptors (Lipinski definition) is 2. The number of aliphatic hydroxyl groups excluding tert-OH is 2. The second-order valence-corrected chi connectivity index (χ2v) is 4.72. The van der Waals surface area contributed by atoms with Crippen LogP contribution in [-0.4, -0.2) is 29.3 Å². The van der Waals surface area contributed by atoms with Gasteiger partial charge in [0.15, 0.2) is 0 Å². The fraction of sp³-hybridized carbons (Fsp3) is 1.00. The van der Waals surface area contributed by atoms with Crippen LogP contribution < -0.4 is 0 Å². The molecule has 2 unspecified atom stereocenters. The molecule has 0 heterocycles. The van der Waals surface area contributed by atoms with Gasteiger partial charge in [0.25, 0.3) is 5.92 Å². The molecular weight excluding hydrogens is 202 g/mol. The van der Waals surface area contributed by atoms with Gasteiger partial charge < -0.3 is 10.2 Å². The average Bonchev–Trinajstić information content (AvgIpc) is 2.26. The van der Waals surface area contributed by atoms with Crippen molar-refractivity contribution in [1.29, 1.82) is 0 Å². The molecule has 0 spiro atoms. The van der Waals surface area contributed by atoms with Gasteiger partial charge in [-0.3, -0.25) is 0 Å². The van der Waals surface area contributed by atoms with Crippen molar-refractivity contribution in [2.24, 2.45) is 10.8 Å². The number of alkyl halides is 2. The van der Waals surface area contributed by atoms with Crippen molar-refractivity contribution in [3.8, 4) is 0 Å². The summed E-state index contributed by atoms with van der Waals surface area (Å²) in [4.78, 5) is 0. The zero-order valence-corrected chi connectivity index (χ0v) is 9.98. The van der Waals surface area contributed by atoms with Crippen molar-refractivity contribution in [1.82, 2.24) is 0 Å². The van der Waals surface area contributed by atoms with Gasteiger partial charge in [0, 0.05) is 0 Å². The number of hydrogen-bond donors (Lipinski definition) is 2. The highest BCUT2D eigenvalue weighted by Crippen LogP contribution is 2.51. The van der Waals surface area contributed by atoms with Gasteiger partial charge in [0.05, 0.1) is 24.0 Å². The third kappa shape index (κ3) is 2.16. The van der Waals surface area contributed by atoms with E-state index < -0.39 is 30.0 Å². The maximum Gasteiger partial charge on any atom is 0.262 e. The summed E-state index contributed by atoms with van der Waals surface area (Å²) >= 11 is 0. The summed E-state index contributed by atoms with van der Waals surface area (Å²) in [5.41, 5.74) is -2.94. The molecule has 0 rings (SSSR count). The molecule has 2 nitrogen and oxygen atoms in total. The summed E-state index contributed by atoms with van der Waals surface area (Å²) in [6, 6.07) is 0. The van der Waals surface area contributed by atoms with Crippen LogP contribution >= 0.6 is 0 Å². The average molecular weight is 224 g/mol. The largest absolute Gasteiger partial charge is 0.396 e. The SMILES string of the molecule is CCC(C)(CO)C(F)(F)C(C)(CC)CO. The Bertz CT molecular complexity index is 177. The van der Waals surface area contributed by atoms with Crippen LogP contribution in [0.1, 0.15) is 40.5 Å². The summed E-state index contributed by atoms with van der Waals surface area (Å²) in [7, 11) is 0. The maximum absolute atomic E-state index is 14.2. The van der Waals surface area contributed by atoms with Gasteiger partial charge in [-0.2, -0.15) is 0 Å². The van der Waals surface area contributed by atoms with E-state index in [1.54, 1.807) is 13.8 Å². The molecule has 0 saturated heterocycles. The zero-order chi connectivity index (χ0) is 12.3. The lowest BCUT2D eigenvalue weighted by molar-refractivity contribution is -0.223. The Balaban J connectivity index is 5.25. The van der Waals surface area contributed by atoms with E-state index in [0.717, 1.165) is 0 Å². The predicted octanol–water partition coefficient (Wildman–Crippen LogP) is 2.44. The van der Waals surface area contributed by atoms with Crippen molar-refractivity contribution in [2.45, 2.75) is 46.5 Å². The fourth-order valence-electron chi connectivity index (χ4n) is 1.59. The van der Waals surface area contributed by atoms with Gasteiger partial charge in [-0.25, -0.2) is 8.78 Å². The fourth-order valence-corrected chi connectivity index (χ4v) is 1.59. The summed E-state index contributed by atoms with van der Waals surface area (Å²) in [5, 5.41) is 18.2. The first-order valence-corrected chi connectivity index (χ1v) is 5.34. The first kappa shape index (κ1) is 14.8. The first-order chi connectivity index (χ1) is 6.74. The molecule has 0 bridgehead atoms. The van der Waals surface area contributed by atoms with E-state index in [1.807, 2.05) is 0 Å². The van der Waals surface area contributed by atoms with Gasteiger partial charge in [-0.05, 0) is 12.8 Å². The van der Waals surface area contributed by atoms with Gasteiger partial charge in [-0.1, -0.05) is 27.7 Å². The number of rotatable bonds is 6. The zero-order valence-electron chi connectivity index (χ0n) is 9.98. The minimum atomic E-state index is -3.09. The van der Waals surface area contributed by atoms with E-state index in [0.29, 0.717) is 0 Å². The topological polar surface area (TPSA) is 40.5 Å². The Morgan fingerprint density at radius 1 is 0.867 bits per heavy atom. The first-order valence-electron chi connectivity index (χ1n) is 5.34. The Morgan fingerprint density at radius 3 is 1.27 bits per heavy atom. The molecule has 2 atom stereocenters. The van der Waals surface area contributed by atoms with Crippen LogP contribution in [0.2, 0.25) is 0 Å². The lowest BCUT2D eigenvalue weighted by atomic mass is 9.67. The molecule has 15 heavy (non-hydrogen) atoms. The van der Waals surface area contributed by atoms with Crippen LogP contribution in [0.3, 0.4) is 0 Å². The third-order valence-corrected chi connectivity index (χ3v) is 3.77. The van der Waals surface area contributed by atoms with Gasteiger partial charge >= 0.3 is 0 Å². The molecule has 0 aliphatic rings. The van der Waals surface area contributed by atoms with Crippen LogP contribution in [-0.2, 0) is 0 Å². The highest BCUT2D eigenvalue weighted by Gasteiger charge is 2.59. The molecule has 0 aromatic rings. The van der Waals surface area contributed by atoms with E-state index in [4.69, 9.17) is 10.2 Å². The smallest absolute Gasteiger partial charge is 0.262 e. The van der Waals surface area contributed by atoms with Crippen molar-refractivity contribution in [2.75, 3.05) is 13.2 Å². The van der Waals surface area contributed by atoms with E-state index in [9.17, 15) is 8.78 Å². The molecule has 2 N–H and O–H groups in total. The highest BCUT2D eigenvalue weighted by molar-refractivity contribution is 4.99. The monoisotopic (exact) mass is 224 g/mol. The summed E-state index contributed by atoms with van der Waals surface area (Å²) < 4.78 is 28.4. The molecular formula is C11H22F2O2. The Kier molecular flexibility index (Phi) is 4.67. The second kappa shape index (κ2) is 4.74. The van der Waals surface area contributed by atoms with Crippen molar-refractivity contribution >= 4 is 0 Å². The Hall–Kier alpha value is -0.220. The van der Waals surface area contributed by atoms with E-state index in [2.05, 4.69) is 0 Å². The van der Waals surface area contributed by atoms with E-state index in [-0.39, 0.29) is 12.8 Å². The minimum Gasteiger partial charge on any atom is -0.396 e. The highest BCUT2D eigenvalue weighted by atomic mass is 19.3. The molecule has 4 heteroatoms. The number of halogens is 2. The molecule has 92 valence electrons. The third-order valence-electron chi connectivity index (χ3n) is 3.77. The molecule has 0 aliphatic heterocycles. The van der Waals surface area contributed by atoms with Crippen LogP contribution in [0, 0.1) is 10.8 Å². The predicted molar refractivity (Wildman–Crippen MR) is 55.9 cm³/mol. The number of aliphatic hydroxyl groups is 2. The van der Waals surface area contributed by atoms with Crippen LogP contribution in [0.5, 0.6) is 0 Å². The van der Waals surface area contributed by atoms with E-state index >= 15 is 0 Å². The molecule has 0 radical (unpaired) electrons. The lowest BCUT2D eigenvalue weighted by Gasteiger charge is -2.45. The molecule has 0 fully saturated rings. The molecule has 0 amide bonds. The van der Waals surface area contributed by atoms with E-state index in [1.165, 1.54) is 13.8 Å². The van der Waals surface area contributed by atoms with Gasteiger partial charge in [0.1, 0.15) is 0 Å². The van der Waals surface area contributed by atoms with Crippen molar-refractivity contribution < 1.29 is 19.0 Å². The molecule has 0 aromatic carbocycles. The van der Waals surface area contributed by atoms with Gasteiger partial charge in [0.2, 0.25) is 0 Å². The van der Waals surface area contributed by atoms with Crippen LogP contribution in [0.15, 0.2) is 0 Å². The lowest BCUT2D eigenvalue weighted by Crippen LogP contribution is -2.54. The summed E-state index contributed by atoms with van der Waals surface area (Å²) in [5.74, 6) is -3.09. The molecule has 0 saturated carbocycles. The van der Waals surface area contributed by atoms with Crippen molar-refractivity contribution in [3.63, 3.8) is 0 Å². The van der Waals surface area contributed by atoms with Crippen molar-refractivity contribution in [3.05, 3.63) is 0 Å². The minimum absolute atomic E-state index is 0.173. The quantitative estimate of drug-likeness (QED) is 0.727. The van der Waals surface area contributed by atoms with Gasteiger partial charge in [-0.15, -0.1) is 0 Å². The molecule has 0 aromatic heterocycles. The standard InChI is InChI=1S/C11H22F2O2/c1-5-9(3,7-14)11(12,13)10(4,6-2)8-15/h14-15H,5-8H2,1-4H3. The second-order valence-electron chi connectivity index (χ2n) is 4.72. The molecule has 0 aliphatic carbocycles. The summed E-state index contributed by atoms with van der Waals surface area (Å²) in [6.45, 7) is 4.81. The normalized spacial score (nSPS) is 20.8. The summed E-state index contributed by atoms with van der Waals surface area (Å²) in [6.07, 6.45) is 0.345. The Morgan fingerprint density at radius 2 is 1.13 bits per heavy atom. The van der Waals surface area contributed by atoms with Crippen LogP contribution in [0.25, 0.3) is 0 Å². The Labute approximate surface area is 90.3 Å². The van der Waals surface area contributed by atoms with Crippen LogP contribution in [0.4, 0.5) is 8.78 Å². The maximum atomic E-state index is 14.2.